The second-order valence-electron chi connectivity index (χ2n) is 8.15. The molecule has 9 heteroatoms. The number of aromatic nitrogens is 2. The fraction of sp³-hybridized carbons (Fsp3) is 0.348. The predicted octanol–water partition coefficient (Wildman–Crippen LogP) is 4.44. The summed E-state index contributed by atoms with van der Waals surface area (Å²) >= 11 is 0. The Morgan fingerprint density at radius 1 is 1.09 bits per heavy atom. The fourth-order valence-corrected chi connectivity index (χ4v) is 5.58. The molecule has 0 radical (unpaired) electrons. The van der Waals surface area contributed by atoms with E-state index in [2.05, 4.69) is 9.97 Å². The van der Waals surface area contributed by atoms with Gasteiger partial charge >= 0.3 is 0 Å². The standard InChI is InChI=1S/C23H24F3N3O2S/c1-16-15-27-22(28-16)18-3-6-20(7-4-18)32(30,31)23(26)9-12-29(13-10-23)11-8-17-2-5-19(24)14-21(17)25/h2-7,14-15H,8-13H2,1H3,(H,27,28). The van der Waals surface area contributed by atoms with Crippen LogP contribution in [0.2, 0.25) is 0 Å². The van der Waals surface area contributed by atoms with Crippen LogP contribution in [0.5, 0.6) is 0 Å². The monoisotopic (exact) mass is 463 g/mol. The molecule has 1 fully saturated rings. The van der Waals surface area contributed by atoms with Gasteiger partial charge in [0, 0.05) is 56.0 Å². The van der Waals surface area contributed by atoms with Crippen molar-refractivity contribution in [3.8, 4) is 11.4 Å². The van der Waals surface area contributed by atoms with E-state index in [1.54, 1.807) is 18.3 Å². The SMILES string of the molecule is Cc1cnc(-c2ccc(S(=O)(=O)C3(F)CCN(CCc4ccc(F)cc4F)CC3)cc2)[nH]1. The zero-order valence-corrected chi connectivity index (χ0v) is 18.4. The molecule has 4 rings (SSSR count). The summed E-state index contributed by atoms with van der Waals surface area (Å²) in [5.41, 5.74) is 1.98. The number of nitrogens with one attached hydrogen (secondary N) is 1. The normalized spacial score (nSPS) is 16.9. The number of imidazole rings is 1. The summed E-state index contributed by atoms with van der Waals surface area (Å²) in [6, 6.07) is 9.48. The molecule has 0 saturated carbocycles. The van der Waals surface area contributed by atoms with Gasteiger partial charge in [-0.2, -0.15) is 0 Å². The first kappa shape index (κ1) is 22.5. The molecule has 0 amide bonds. The summed E-state index contributed by atoms with van der Waals surface area (Å²) < 4.78 is 68.5. The van der Waals surface area contributed by atoms with Gasteiger partial charge in [0.2, 0.25) is 14.8 Å². The Bertz CT molecular complexity index is 1200. The highest BCUT2D eigenvalue weighted by atomic mass is 32.2. The Hall–Kier alpha value is -2.65. The van der Waals surface area contributed by atoms with E-state index in [4.69, 9.17) is 0 Å². The molecule has 3 aromatic rings. The molecule has 0 bridgehead atoms. The molecule has 0 unspecified atom stereocenters. The molecule has 1 aromatic heterocycles. The Kier molecular flexibility index (Phi) is 6.13. The van der Waals surface area contributed by atoms with Crippen molar-refractivity contribution >= 4 is 9.84 Å². The van der Waals surface area contributed by atoms with Gasteiger partial charge in [0.1, 0.15) is 17.5 Å². The van der Waals surface area contributed by atoms with Gasteiger partial charge in [-0.15, -0.1) is 0 Å². The molecular formula is C23H24F3N3O2S. The molecule has 0 aliphatic carbocycles. The fourth-order valence-electron chi connectivity index (χ4n) is 3.94. The average Bonchev–Trinajstić information content (AvgIpc) is 3.21. The second-order valence-corrected chi connectivity index (χ2v) is 10.4. The smallest absolute Gasteiger partial charge is 0.217 e. The highest BCUT2D eigenvalue weighted by Gasteiger charge is 2.47. The van der Waals surface area contributed by atoms with Gasteiger partial charge in [-0.05, 0) is 49.2 Å². The number of halogens is 3. The van der Waals surface area contributed by atoms with Gasteiger partial charge in [-0.1, -0.05) is 6.07 Å². The summed E-state index contributed by atoms with van der Waals surface area (Å²) in [6.07, 6.45) is 1.68. The first-order chi connectivity index (χ1) is 15.2. The largest absolute Gasteiger partial charge is 0.342 e. The molecule has 5 nitrogen and oxygen atoms in total. The minimum Gasteiger partial charge on any atom is -0.342 e. The van der Waals surface area contributed by atoms with Crippen LogP contribution in [-0.4, -0.2) is 47.9 Å². The van der Waals surface area contributed by atoms with Crippen LogP contribution in [0.4, 0.5) is 13.2 Å². The van der Waals surface area contributed by atoms with Gasteiger partial charge in [0.15, 0.2) is 0 Å². The van der Waals surface area contributed by atoms with Crippen LogP contribution < -0.4 is 0 Å². The highest BCUT2D eigenvalue weighted by Crippen LogP contribution is 2.37. The molecule has 1 N–H and O–H groups in total. The molecule has 1 aliphatic rings. The Balaban J connectivity index is 1.40. The lowest BCUT2D eigenvalue weighted by Crippen LogP contribution is -2.46. The number of nitrogens with zero attached hydrogens (tertiary/aromatic N) is 2. The number of H-pyrrole nitrogens is 1. The molecule has 170 valence electrons. The molecule has 32 heavy (non-hydrogen) atoms. The average molecular weight is 464 g/mol. The van der Waals surface area contributed by atoms with E-state index in [0.29, 0.717) is 29.9 Å². The van der Waals surface area contributed by atoms with E-state index in [1.807, 2.05) is 11.8 Å². The number of piperidine rings is 1. The number of benzene rings is 2. The number of aryl methyl sites for hydroxylation is 1. The number of hydrogen-bond acceptors (Lipinski definition) is 4. The maximum absolute atomic E-state index is 15.6. The Morgan fingerprint density at radius 3 is 2.38 bits per heavy atom. The third-order valence-corrected chi connectivity index (χ3v) is 8.20. The van der Waals surface area contributed by atoms with Crippen LogP contribution in [0.1, 0.15) is 24.1 Å². The number of sulfone groups is 1. The Labute approximate surface area is 185 Å². The molecule has 0 atom stereocenters. The van der Waals surface area contributed by atoms with Crippen molar-refractivity contribution in [3.05, 3.63) is 71.6 Å². The van der Waals surface area contributed by atoms with Gasteiger partial charge in [0.05, 0.1) is 4.90 Å². The topological polar surface area (TPSA) is 66.1 Å². The summed E-state index contributed by atoms with van der Waals surface area (Å²) in [5.74, 6) is -0.631. The number of alkyl halides is 1. The van der Waals surface area contributed by atoms with Gasteiger partial charge in [0.25, 0.3) is 0 Å². The van der Waals surface area contributed by atoms with Crippen LogP contribution in [0.3, 0.4) is 0 Å². The second kappa shape index (κ2) is 8.71. The van der Waals surface area contributed by atoms with Crippen molar-refractivity contribution in [3.63, 3.8) is 0 Å². The summed E-state index contributed by atoms with van der Waals surface area (Å²) in [6.45, 7) is 2.78. The Morgan fingerprint density at radius 2 is 1.78 bits per heavy atom. The third kappa shape index (κ3) is 4.45. The van der Waals surface area contributed by atoms with Gasteiger partial charge in [-0.3, -0.25) is 0 Å². The maximum Gasteiger partial charge on any atom is 0.217 e. The van der Waals surface area contributed by atoms with E-state index < -0.39 is 26.5 Å². The van der Waals surface area contributed by atoms with Crippen LogP contribution in [0.25, 0.3) is 11.4 Å². The van der Waals surface area contributed by atoms with Crippen molar-refractivity contribution in [2.24, 2.45) is 0 Å². The summed E-state index contributed by atoms with van der Waals surface area (Å²) in [4.78, 5) is 9.13. The van der Waals surface area contributed by atoms with Gasteiger partial charge in [-0.25, -0.2) is 26.6 Å². The van der Waals surface area contributed by atoms with Crippen LogP contribution >= 0.6 is 0 Å². The zero-order chi connectivity index (χ0) is 22.9. The van der Waals surface area contributed by atoms with Crippen molar-refractivity contribution in [2.75, 3.05) is 19.6 Å². The lowest BCUT2D eigenvalue weighted by molar-refractivity contribution is 0.120. The van der Waals surface area contributed by atoms with E-state index in [0.717, 1.165) is 11.8 Å². The number of hydrogen-bond donors (Lipinski definition) is 1. The first-order valence-corrected chi connectivity index (χ1v) is 11.9. The van der Waals surface area contributed by atoms with Crippen LogP contribution in [0, 0.1) is 18.6 Å². The van der Waals surface area contributed by atoms with Crippen molar-refractivity contribution in [2.45, 2.75) is 36.1 Å². The van der Waals surface area contributed by atoms with Crippen LogP contribution in [0.15, 0.2) is 53.6 Å². The minimum absolute atomic E-state index is 0.0612. The van der Waals surface area contributed by atoms with E-state index in [1.165, 1.54) is 24.3 Å². The lowest BCUT2D eigenvalue weighted by atomic mass is 10.1. The maximum atomic E-state index is 15.6. The first-order valence-electron chi connectivity index (χ1n) is 10.4. The quantitative estimate of drug-likeness (QED) is 0.587. The molecular weight excluding hydrogens is 439 g/mol. The molecule has 0 spiro atoms. The third-order valence-electron chi connectivity index (χ3n) is 5.94. The van der Waals surface area contributed by atoms with E-state index >= 15 is 4.39 Å². The molecule has 1 aliphatic heterocycles. The predicted molar refractivity (Wildman–Crippen MR) is 116 cm³/mol. The molecule has 1 saturated heterocycles. The summed E-state index contributed by atoms with van der Waals surface area (Å²) in [5, 5.41) is -2.35. The van der Waals surface area contributed by atoms with E-state index in [9.17, 15) is 17.2 Å². The van der Waals surface area contributed by atoms with Gasteiger partial charge < -0.3 is 9.88 Å². The van der Waals surface area contributed by atoms with Crippen LogP contribution in [-0.2, 0) is 16.3 Å². The van der Waals surface area contributed by atoms with Crippen molar-refractivity contribution in [1.29, 1.82) is 0 Å². The van der Waals surface area contributed by atoms with E-state index in [-0.39, 0.29) is 30.8 Å². The van der Waals surface area contributed by atoms with Crippen molar-refractivity contribution in [1.82, 2.24) is 14.9 Å². The number of rotatable bonds is 6. The number of aromatic amines is 1. The highest BCUT2D eigenvalue weighted by molar-refractivity contribution is 7.92. The number of likely N-dealkylation sites (tertiary alicyclic amines) is 1. The molecule has 2 aromatic carbocycles. The van der Waals surface area contributed by atoms with Crippen molar-refractivity contribution < 1.29 is 21.6 Å². The lowest BCUT2D eigenvalue weighted by Gasteiger charge is -2.36. The summed E-state index contributed by atoms with van der Waals surface area (Å²) in [7, 11) is -4.18. The molecule has 2 heterocycles. The minimum atomic E-state index is -4.18. The zero-order valence-electron chi connectivity index (χ0n) is 17.6.